The first kappa shape index (κ1) is 23.5. The van der Waals surface area contributed by atoms with Gasteiger partial charge in [0.05, 0.1) is 0 Å². The second-order valence-electron chi connectivity index (χ2n) is 5.44. The fourth-order valence-electron chi connectivity index (χ4n) is 2.33. The Balaban J connectivity index is 0.00000301. The van der Waals surface area contributed by atoms with Crippen molar-refractivity contribution in [2.45, 2.75) is 41.5 Å². The molecular formula is C25H35N. The Bertz CT molecular complexity index is 646. The predicted octanol–water partition coefficient (Wildman–Crippen LogP) is 7.64. The number of rotatable bonds is 7. The summed E-state index contributed by atoms with van der Waals surface area (Å²) in [7, 11) is 0. The molecule has 0 amide bonds. The maximum absolute atomic E-state index is 3.78. The SMILES string of the molecule is C=C/C=C\C(=C/C)N(C1=CC=CC(C)C=C1)C(/C=C\C=C/C)=C/C.CC. The Hall–Kier alpha value is -2.54. The number of hydrogen-bond acceptors (Lipinski definition) is 1. The first-order valence-corrected chi connectivity index (χ1v) is 9.45. The van der Waals surface area contributed by atoms with Crippen LogP contribution in [0.25, 0.3) is 0 Å². The summed E-state index contributed by atoms with van der Waals surface area (Å²) in [6, 6.07) is 0. The first-order chi connectivity index (χ1) is 12.7. The third kappa shape index (κ3) is 8.02. The van der Waals surface area contributed by atoms with E-state index in [-0.39, 0.29) is 0 Å². The van der Waals surface area contributed by atoms with Gasteiger partial charge in [-0.1, -0.05) is 88.1 Å². The molecule has 0 N–H and O–H groups in total. The molecule has 1 aliphatic rings. The highest BCUT2D eigenvalue weighted by Gasteiger charge is 2.14. The average Bonchev–Trinajstić information content (AvgIpc) is 2.89. The van der Waals surface area contributed by atoms with Crippen LogP contribution in [0.2, 0.25) is 0 Å². The molecule has 0 aromatic heterocycles. The van der Waals surface area contributed by atoms with E-state index in [1.165, 1.54) is 0 Å². The molecule has 0 aromatic rings. The largest absolute Gasteiger partial charge is 0.311 e. The molecule has 1 aliphatic carbocycles. The molecule has 0 fully saturated rings. The highest BCUT2D eigenvalue weighted by molar-refractivity contribution is 5.41. The van der Waals surface area contributed by atoms with Crippen LogP contribution in [0.3, 0.4) is 0 Å². The molecule has 0 saturated heterocycles. The zero-order valence-corrected chi connectivity index (χ0v) is 17.3. The Morgan fingerprint density at radius 3 is 2.12 bits per heavy atom. The number of nitrogens with zero attached hydrogens (tertiary/aromatic N) is 1. The molecule has 1 heteroatoms. The van der Waals surface area contributed by atoms with Gasteiger partial charge in [-0.3, -0.25) is 0 Å². The number of allylic oxidation sites excluding steroid dienone is 14. The van der Waals surface area contributed by atoms with Crippen LogP contribution in [0.4, 0.5) is 0 Å². The smallest absolute Gasteiger partial charge is 0.0458 e. The highest BCUT2D eigenvalue weighted by atomic mass is 15.2. The molecule has 0 radical (unpaired) electrons. The van der Waals surface area contributed by atoms with E-state index in [9.17, 15) is 0 Å². The maximum atomic E-state index is 3.78. The van der Waals surface area contributed by atoms with Crippen LogP contribution in [0.15, 0.2) is 109 Å². The van der Waals surface area contributed by atoms with Crippen LogP contribution in [0.1, 0.15) is 41.5 Å². The fraction of sp³-hybridized carbons (Fsp3) is 0.280. The van der Waals surface area contributed by atoms with Gasteiger partial charge in [0.1, 0.15) is 0 Å². The Labute approximate surface area is 161 Å². The summed E-state index contributed by atoms with van der Waals surface area (Å²) in [6.45, 7) is 16.1. The minimum atomic E-state index is 0.436. The normalized spacial score (nSPS) is 18.1. The van der Waals surface area contributed by atoms with E-state index < -0.39 is 0 Å². The molecule has 0 aliphatic heterocycles. The topological polar surface area (TPSA) is 3.24 Å². The van der Waals surface area contributed by atoms with E-state index in [0.29, 0.717) is 5.92 Å². The molecule has 1 atom stereocenters. The first-order valence-electron chi connectivity index (χ1n) is 9.45. The van der Waals surface area contributed by atoms with Crippen molar-refractivity contribution in [1.29, 1.82) is 0 Å². The summed E-state index contributed by atoms with van der Waals surface area (Å²) in [5.41, 5.74) is 3.36. The van der Waals surface area contributed by atoms with E-state index >= 15 is 0 Å². The van der Waals surface area contributed by atoms with Crippen molar-refractivity contribution in [1.82, 2.24) is 4.90 Å². The lowest BCUT2D eigenvalue weighted by molar-refractivity contribution is 0.575. The lowest BCUT2D eigenvalue weighted by atomic mass is 10.1. The van der Waals surface area contributed by atoms with Crippen molar-refractivity contribution in [3.05, 3.63) is 109 Å². The van der Waals surface area contributed by atoms with Gasteiger partial charge in [0.25, 0.3) is 0 Å². The lowest BCUT2D eigenvalue weighted by Gasteiger charge is -2.28. The van der Waals surface area contributed by atoms with Crippen LogP contribution < -0.4 is 0 Å². The van der Waals surface area contributed by atoms with E-state index in [0.717, 1.165) is 17.1 Å². The summed E-state index contributed by atoms with van der Waals surface area (Å²) in [5.74, 6) is 0.436. The van der Waals surface area contributed by atoms with Gasteiger partial charge in [-0.25, -0.2) is 0 Å². The minimum Gasteiger partial charge on any atom is -0.311 e. The molecule has 0 saturated carbocycles. The van der Waals surface area contributed by atoms with Gasteiger partial charge in [0, 0.05) is 17.1 Å². The summed E-state index contributed by atoms with van der Waals surface area (Å²) in [4.78, 5) is 2.25. The van der Waals surface area contributed by atoms with Crippen molar-refractivity contribution in [2.24, 2.45) is 5.92 Å². The van der Waals surface area contributed by atoms with E-state index in [2.05, 4.69) is 93.0 Å². The minimum absolute atomic E-state index is 0.436. The predicted molar refractivity (Wildman–Crippen MR) is 120 cm³/mol. The molecule has 26 heavy (non-hydrogen) atoms. The molecule has 140 valence electrons. The van der Waals surface area contributed by atoms with Crippen LogP contribution >= 0.6 is 0 Å². The molecule has 0 spiro atoms. The fourth-order valence-corrected chi connectivity index (χ4v) is 2.33. The zero-order chi connectivity index (χ0) is 19.8. The Kier molecular flexibility index (Phi) is 13.3. The van der Waals surface area contributed by atoms with Gasteiger partial charge in [-0.15, -0.1) is 0 Å². The van der Waals surface area contributed by atoms with E-state index in [4.69, 9.17) is 0 Å². The summed E-state index contributed by atoms with van der Waals surface area (Å²) >= 11 is 0. The third-order valence-electron chi connectivity index (χ3n) is 3.59. The van der Waals surface area contributed by atoms with Gasteiger partial charge in [-0.2, -0.15) is 0 Å². The van der Waals surface area contributed by atoms with Crippen molar-refractivity contribution in [3.8, 4) is 0 Å². The van der Waals surface area contributed by atoms with Gasteiger partial charge in [0.2, 0.25) is 0 Å². The van der Waals surface area contributed by atoms with Crippen molar-refractivity contribution >= 4 is 0 Å². The lowest BCUT2D eigenvalue weighted by Crippen LogP contribution is -2.19. The third-order valence-corrected chi connectivity index (χ3v) is 3.59. The Morgan fingerprint density at radius 1 is 0.962 bits per heavy atom. The molecule has 0 bridgehead atoms. The molecular weight excluding hydrogens is 314 g/mol. The van der Waals surface area contributed by atoms with Gasteiger partial charge >= 0.3 is 0 Å². The highest BCUT2D eigenvalue weighted by Crippen LogP contribution is 2.25. The summed E-state index contributed by atoms with van der Waals surface area (Å²) in [5, 5.41) is 0. The van der Waals surface area contributed by atoms with E-state index in [1.54, 1.807) is 6.08 Å². The maximum Gasteiger partial charge on any atom is 0.0458 e. The monoisotopic (exact) mass is 349 g/mol. The van der Waals surface area contributed by atoms with Crippen LogP contribution in [0.5, 0.6) is 0 Å². The molecule has 1 nitrogen and oxygen atoms in total. The standard InChI is InChI=1S/C23H29N.C2H6/c1-6-10-12-16-22(9-4)24(21(8-3)15-11-7-2)23-17-13-14-20(5)18-19-23;1-2/h6-20H,2H2,1,3-5H3;1-2H3/b10-6-,15-11-,16-12-,21-8+,22-9+;. The van der Waals surface area contributed by atoms with Gasteiger partial charge in [0.15, 0.2) is 0 Å². The van der Waals surface area contributed by atoms with Crippen molar-refractivity contribution in [2.75, 3.05) is 0 Å². The molecule has 1 rings (SSSR count). The van der Waals surface area contributed by atoms with Crippen molar-refractivity contribution in [3.63, 3.8) is 0 Å². The quantitative estimate of drug-likeness (QED) is 0.427. The number of hydrogen-bond donors (Lipinski definition) is 0. The van der Waals surface area contributed by atoms with Crippen LogP contribution in [-0.2, 0) is 0 Å². The van der Waals surface area contributed by atoms with Crippen LogP contribution in [-0.4, -0.2) is 4.90 Å². The van der Waals surface area contributed by atoms with Crippen molar-refractivity contribution < 1.29 is 0 Å². The molecule has 1 unspecified atom stereocenters. The van der Waals surface area contributed by atoms with Gasteiger partial charge < -0.3 is 4.90 Å². The average molecular weight is 350 g/mol. The summed E-state index contributed by atoms with van der Waals surface area (Å²) < 4.78 is 0. The van der Waals surface area contributed by atoms with Gasteiger partial charge in [-0.05, 0) is 51.0 Å². The molecule has 0 aromatic carbocycles. The van der Waals surface area contributed by atoms with Crippen LogP contribution in [0, 0.1) is 5.92 Å². The summed E-state index contributed by atoms with van der Waals surface area (Å²) in [6.07, 6.45) is 29.2. The Morgan fingerprint density at radius 2 is 1.58 bits per heavy atom. The molecule has 0 heterocycles. The second kappa shape index (κ2) is 14.8. The second-order valence-corrected chi connectivity index (χ2v) is 5.44. The van der Waals surface area contributed by atoms with E-state index in [1.807, 2.05) is 39.0 Å². The zero-order valence-electron chi connectivity index (χ0n) is 17.3.